The van der Waals surface area contributed by atoms with Gasteiger partial charge in [-0.15, -0.1) is 11.6 Å². The number of benzene rings is 2. The molecule has 0 atom stereocenters. The number of nitriles is 1. The van der Waals surface area contributed by atoms with Crippen molar-refractivity contribution in [2.75, 3.05) is 7.11 Å². The molecule has 5 heteroatoms. The SMILES string of the molecule is COc1cc(COc2ccc(CCl)cc2Cl)ccc1C#N. The highest BCUT2D eigenvalue weighted by Crippen LogP contribution is 2.27. The normalized spacial score (nSPS) is 10.0. The number of alkyl halides is 1. The number of rotatable bonds is 5. The lowest BCUT2D eigenvalue weighted by molar-refractivity contribution is 0.305. The second-order valence-corrected chi connectivity index (χ2v) is 5.01. The fourth-order valence-electron chi connectivity index (χ4n) is 1.82. The predicted octanol–water partition coefficient (Wildman–Crippen LogP) is 4.54. The molecule has 0 spiro atoms. The van der Waals surface area contributed by atoms with Crippen LogP contribution < -0.4 is 9.47 Å². The average molecular weight is 322 g/mol. The van der Waals surface area contributed by atoms with Gasteiger partial charge in [0.2, 0.25) is 0 Å². The maximum absolute atomic E-state index is 8.94. The van der Waals surface area contributed by atoms with Crippen LogP contribution in [0.5, 0.6) is 11.5 Å². The van der Waals surface area contributed by atoms with Crippen molar-refractivity contribution in [1.29, 1.82) is 5.26 Å². The van der Waals surface area contributed by atoms with E-state index in [1.54, 1.807) is 24.3 Å². The molecule has 2 aromatic rings. The van der Waals surface area contributed by atoms with Crippen LogP contribution in [0.15, 0.2) is 36.4 Å². The molecule has 108 valence electrons. The van der Waals surface area contributed by atoms with Crippen LogP contribution in [0.1, 0.15) is 16.7 Å². The highest BCUT2D eigenvalue weighted by molar-refractivity contribution is 6.32. The molecule has 0 aromatic heterocycles. The summed E-state index contributed by atoms with van der Waals surface area (Å²) < 4.78 is 10.8. The van der Waals surface area contributed by atoms with Gasteiger partial charge in [0.25, 0.3) is 0 Å². The van der Waals surface area contributed by atoms with Gasteiger partial charge in [-0.3, -0.25) is 0 Å². The van der Waals surface area contributed by atoms with E-state index < -0.39 is 0 Å². The summed E-state index contributed by atoms with van der Waals surface area (Å²) in [5, 5.41) is 9.47. The van der Waals surface area contributed by atoms with Gasteiger partial charge in [-0.1, -0.05) is 23.7 Å². The second kappa shape index (κ2) is 7.21. The Bertz CT molecular complexity index is 680. The molecular formula is C16H13Cl2NO2. The lowest BCUT2D eigenvalue weighted by atomic mass is 10.1. The zero-order chi connectivity index (χ0) is 15.2. The highest BCUT2D eigenvalue weighted by atomic mass is 35.5. The molecule has 0 aliphatic heterocycles. The molecule has 3 nitrogen and oxygen atoms in total. The molecule has 0 saturated carbocycles. The second-order valence-electron chi connectivity index (χ2n) is 4.33. The van der Waals surface area contributed by atoms with Crippen molar-refractivity contribution in [2.45, 2.75) is 12.5 Å². The minimum absolute atomic E-state index is 0.335. The molecule has 0 N–H and O–H groups in total. The number of halogens is 2. The van der Waals surface area contributed by atoms with Gasteiger partial charge in [0.05, 0.1) is 17.7 Å². The van der Waals surface area contributed by atoms with Gasteiger partial charge < -0.3 is 9.47 Å². The largest absolute Gasteiger partial charge is 0.495 e. The fourth-order valence-corrected chi connectivity index (χ4v) is 2.25. The summed E-state index contributed by atoms with van der Waals surface area (Å²) in [5.41, 5.74) is 2.32. The Kier molecular flexibility index (Phi) is 5.32. The Morgan fingerprint density at radius 2 is 1.86 bits per heavy atom. The molecule has 2 aromatic carbocycles. The van der Waals surface area contributed by atoms with E-state index in [1.807, 2.05) is 12.1 Å². The summed E-state index contributed by atoms with van der Waals surface area (Å²) in [7, 11) is 1.53. The summed E-state index contributed by atoms with van der Waals surface area (Å²) in [6.45, 7) is 0.335. The molecule has 0 fully saturated rings. The van der Waals surface area contributed by atoms with Crippen LogP contribution in [0.2, 0.25) is 5.02 Å². The molecule has 21 heavy (non-hydrogen) atoms. The maximum Gasteiger partial charge on any atom is 0.138 e. The van der Waals surface area contributed by atoms with Crippen molar-refractivity contribution in [2.24, 2.45) is 0 Å². The smallest absolute Gasteiger partial charge is 0.138 e. The fraction of sp³-hybridized carbons (Fsp3) is 0.188. The van der Waals surface area contributed by atoms with E-state index in [1.165, 1.54) is 7.11 Å². The maximum atomic E-state index is 8.94. The molecular weight excluding hydrogens is 309 g/mol. The van der Waals surface area contributed by atoms with Gasteiger partial charge in [-0.05, 0) is 35.4 Å². The van der Waals surface area contributed by atoms with Crippen LogP contribution >= 0.6 is 23.2 Å². The Morgan fingerprint density at radius 3 is 2.48 bits per heavy atom. The number of hydrogen-bond donors (Lipinski definition) is 0. The third-order valence-electron chi connectivity index (χ3n) is 2.93. The molecule has 0 radical (unpaired) electrons. The monoisotopic (exact) mass is 321 g/mol. The molecule has 0 unspecified atom stereocenters. The first kappa shape index (κ1) is 15.5. The average Bonchev–Trinajstić information content (AvgIpc) is 2.53. The van der Waals surface area contributed by atoms with E-state index >= 15 is 0 Å². The van der Waals surface area contributed by atoms with Crippen LogP contribution in [0, 0.1) is 11.3 Å². The quantitative estimate of drug-likeness (QED) is 0.759. The molecule has 0 saturated heterocycles. The van der Waals surface area contributed by atoms with Crippen LogP contribution in [-0.2, 0) is 12.5 Å². The Hall–Kier alpha value is -1.89. The first-order valence-electron chi connectivity index (χ1n) is 6.22. The van der Waals surface area contributed by atoms with Gasteiger partial charge >= 0.3 is 0 Å². The van der Waals surface area contributed by atoms with E-state index in [0.29, 0.717) is 34.6 Å². The minimum atomic E-state index is 0.335. The molecule has 2 rings (SSSR count). The molecule has 0 bridgehead atoms. The number of hydrogen-bond acceptors (Lipinski definition) is 3. The lowest BCUT2D eigenvalue weighted by Crippen LogP contribution is -1.98. The third kappa shape index (κ3) is 3.81. The summed E-state index contributed by atoms with van der Waals surface area (Å²) in [6, 6.07) is 12.8. The van der Waals surface area contributed by atoms with Crippen molar-refractivity contribution in [3.8, 4) is 17.6 Å². The van der Waals surface area contributed by atoms with E-state index in [0.717, 1.165) is 11.1 Å². The minimum Gasteiger partial charge on any atom is -0.495 e. The highest BCUT2D eigenvalue weighted by Gasteiger charge is 2.06. The van der Waals surface area contributed by atoms with Crippen molar-refractivity contribution in [1.82, 2.24) is 0 Å². The first-order valence-corrected chi connectivity index (χ1v) is 7.13. The van der Waals surface area contributed by atoms with Crippen molar-refractivity contribution < 1.29 is 9.47 Å². The van der Waals surface area contributed by atoms with Gasteiger partial charge in [-0.2, -0.15) is 5.26 Å². The third-order valence-corrected chi connectivity index (χ3v) is 3.54. The van der Waals surface area contributed by atoms with E-state index in [-0.39, 0.29) is 0 Å². The van der Waals surface area contributed by atoms with Crippen LogP contribution in [0.25, 0.3) is 0 Å². The zero-order valence-electron chi connectivity index (χ0n) is 11.4. The van der Waals surface area contributed by atoms with Crippen molar-refractivity contribution in [3.05, 3.63) is 58.1 Å². The Labute approximate surface area is 133 Å². The Morgan fingerprint density at radius 1 is 1.10 bits per heavy atom. The zero-order valence-corrected chi connectivity index (χ0v) is 12.9. The van der Waals surface area contributed by atoms with Crippen LogP contribution in [-0.4, -0.2) is 7.11 Å². The van der Waals surface area contributed by atoms with E-state index in [4.69, 9.17) is 37.9 Å². The lowest BCUT2D eigenvalue weighted by Gasteiger charge is -2.10. The number of ether oxygens (including phenoxy) is 2. The van der Waals surface area contributed by atoms with Gasteiger partial charge in [0.1, 0.15) is 24.2 Å². The molecule has 0 heterocycles. The van der Waals surface area contributed by atoms with Gasteiger partial charge in [0, 0.05) is 5.88 Å². The topological polar surface area (TPSA) is 42.2 Å². The summed E-state index contributed by atoms with van der Waals surface area (Å²) in [6.07, 6.45) is 0. The summed E-state index contributed by atoms with van der Waals surface area (Å²) in [5.74, 6) is 1.53. The number of methoxy groups -OCH3 is 1. The molecule has 0 aliphatic rings. The molecule has 0 aliphatic carbocycles. The number of nitrogens with zero attached hydrogens (tertiary/aromatic N) is 1. The van der Waals surface area contributed by atoms with E-state index in [2.05, 4.69) is 6.07 Å². The standard InChI is InChI=1S/C16H13Cl2NO2/c1-20-16-7-12(2-4-13(16)9-19)10-21-15-5-3-11(8-17)6-14(15)18/h2-7H,8,10H2,1H3. The Balaban J connectivity index is 2.11. The summed E-state index contributed by atoms with van der Waals surface area (Å²) in [4.78, 5) is 0. The van der Waals surface area contributed by atoms with Crippen molar-refractivity contribution >= 4 is 23.2 Å². The predicted molar refractivity (Wildman–Crippen MR) is 83.1 cm³/mol. The molecule has 0 amide bonds. The van der Waals surface area contributed by atoms with Gasteiger partial charge in [0.15, 0.2) is 0 Å². The summed E-state index contributed by atoms with van der Waals surface area (Å²) >= 11 is 11.9. The first-order chi connectivity index (χ1) is 10.2. The van der Waals surface area contributed by atoms with Crippen molar-refractivity contribution in [3.63, 3.8) is 0 Å². The van der Waals surface area contributed by atoms with E-state index in [9.17, 15) is 0 Å². The van der Waals surface area contributed by atoms with Crippen LogP contribution in [0.3, 0.4) is 0 Å². The van der Waals surface area contributed by atoms with Crippen LogP contribution in [0.4, 0.5) is 0 Å². The van der Waals surface area contributed by atoms with Gasteiger partial charge in [-0.25, -0.2) is 0 Å².